The fraction of sp³-hybridized carbons (Fsp3) is 0.167. The number of ether oxygens (including phenoxy) is 1. The summed E-state index contributed by atoms with van der Waals surface area (Å²) in [5, 5.41) is 0. The van der Waals surface area contributed by atoms with E-state index < -0.39 is 0 Å². The number of aromatic nitrogens is 2. The molecule has 0 aliphatic rings. The minimum Gasteiger partial charge on any atom is -0.437 e. The first kappa shape index (κ1) is 11.5. The number of hydrogen-bond donors (Lipinski definition) is 1. The van der Waals surface area contributed by atoms with Crippen LogP contribution >= 0.6 is 0 Å². The lowest BCUT2D eigenvalue weighted by molar-refractivity contribution is 0.452. The molecule has 1 aromatic carbocycles. The van der Waals surface area contributed by atoms with Crippen LogP contribution in [0.1, 0.15) is 11.3 Å². The van der Waals surface area contributed by atoms with Crippen LogP contribution in [0.15, 0.2) is 30.6 Å². The molecule has 0 saturated carbocycles. The molecular formula is C12H12FN3O. The molecular weight excluding hydrogens is 221 g/mol. The van der Waals surface area contributed by atoms with E-state index in [4.69, 9.17) is 10.5 Å². The van der Waals surface area contributed by atoms with Crippen molar-refractivity contribution in [3.05, 3.63) is 47.7 Å². The van der Waals surface area contributed by atoms with Crippen LogP contribution in [0, 0.1) is 12.7 Å². The van der Waals surface area contributed by atoms with Gasteiger partial charge in [0.25, 0.3) is 0 Å². The topological polar surface area (TPSA) is 61.0 Å². The summed E-state index contributed by atoms with van der Waals surface area (Å²) in [5.41, 5.74) is 6.79. The van der Waals surface area contributed by atoms with Crippen molar-refractivity contribution in [3.63, 3.8) is 0 Å². The smallest absolute Gasteiger partial charge is 0.238 e. The highest BCUT2D eigenvalue weighted by atomic mass is 19.1. The second-order valence-electron chi connectivity index (χ2n) is 3.56. The van der Waals surface area contributed by atoms with Crippen LogP contribution in [0.2, 0.25) is 0 Å². The van der Waals surface area contributed by atoms with E-state index in [9.17, 15) is 4.39 Å². The van der Waals surface area contributed by atoms with Crippen LogP contribution in [0.5, 0.6) is 11.6 Å². The van der Waals surface area contributed by atoms with Gasteiger partial charge in [-0.15, -0.1) is 0 Å². The van der Waals surface area contributed by atoms with Gasteiger partial charge in [0.2, 0.25) is 5.88 Å². The molecule has 0 amide bonds. The van der Waals surface area contributed by atoms with Gasteiger partial charge in [-0.05, 0) is 30.7 Å². The molecule has 88 valence electrons. The minimum absolute atomic E-state index is 0.295. The molecule has 5 heteroatoms. The molecule has 1 aromatic heterocycles. The Hall–Kier alpha value is -2.01. The molecule has 0 spiro atoms. The van der Waals surface area contributed by atoms with E-state index >= 15 is 0 Å². The van der Waals surface area contributed by atoms with Gasteiger partial charge in [-0.3, -0.25) is 4.98 Å². The third-order valence-corrected chi connectivity index (χ3v) is 2.22. The molecule has 0 atom stereocenters. The van der Waals surface area contributed by atoms with Crippen molar-refractivity contribution in [1.29, 1.82) is 0 Å². The van der Waals surface area contributed by atoms with Crippen molar-refractivity contribution in [2.24, 2.45) is 5.73 Å². The lowest BCUT2D eigenvalue weighted by atomic mass is 10.2. The maximum atomic E-state index is 12.9. The number of nitrogens with two attached hydrogens (primary N) is 1. The first-order valence-electron chi connectivity index (χ1n) is 5.14. The van der Waals surface area contributed by atoms with Crippen molar-refractivity contribution in [2.75, 3.05) is 0 Å². The normalized spacial score (nSPS) is 10.3. The van der Waals surface area contributed by atoms with Gasteiger partial charge in [-0.25, -0.2) is 9.37 Å². The zero-order valence-electron chi connectivity index (χ0n) is 9.35. The molecule has 0 saturated heterocycles. The largest absolute Gasteiger partial charge is 0.437 e. The lowest BCUT2D eigenvalue weighted by Gasteiger charge is -2.07. The highest BCUT2D eigenvalue weighted by molar-refractivity contribution is 5.35. The number of hydrogen-bond acceptors (Lipinski definition) is 4. The average Bonchev–Trinajstić information content (AvgIpc) is 2.33. The molecule has 2 rings (SSSR count). The maximum Gasteiger partial charge on any atom is 0.238 e. The van der Waals surface area contributed by atoms with Crippen molar-refractivity contribution in [3.8, 4) is 11.6 Å². The van der Waals surface area contributed by atoms with Gasteiger partial charge in [0.1, 0.15) is 11.6 Å². The molecule has 0 aliphatic carbocycles. The summed E-state index contributed by atoms with van der Waals surface area (Å²) in [6.45, 7) is 2.06. The average molecular weight is 233 g/mol. The van der Waals surface area contributed by atoms with Crippen LogP contribution in [-0.2, 0) is 6.54 Å². The number of benzene rings is 1. The Kier molecular flexibility index (Phi) is 3.30. The van der Waals surface area contributed by atoms with Crippen LogP contribution in [0.3, 0.4) is 0 Å². The van der Waals surface area contributed by atoms with Crippen molar-refractivity contribution in [2.45, 2.75) is 13.5 Å². The number of nitrogens with zero attached hydrogens (tertiary/aromatic N) is 2. The predicted molar refractivity (Wildman–Crippen MR) is 61.1 cm³/mol. The van der Waals surface area contributed by atoms with E-state index in [-0.39, 0.29) is 5.82 Å². The Morgan fingerprint density at radius 2 is 2.18 bits per heavy atom. The number of halogens is 1. The molecule has 0 bridgehead atoms. The predicted octanol–water partition coefficient (Wildman–Crippen LogP) is 2.18. The summed E-state index contributed by atoms with van der Waals surface area (Å²) in [5.74, 6) is 0.606. The summed E-state index contributed by atoms with van der Waals surface area (Å²) >= 11 is 0. The minimum atomic E-state index is -0.295. The zero-order valence-corrected chi connectivity index (χ0v) is 9.35. The van der Waals surface area contributed by atoms with Gasteiger partial charge in [-0.2, -0.15) is 0 Å². The molecule has 4 nitrogen and oxygen atoms in total. The standard InChI is InChI=1S/C12H12FN3O/c1-8-4-9(13)2-3-11(8)17-12-7-15-6-10(5-14)16-12/h2-4,6-7H,5,14H2,1H3. The van der Waals surface area contributed by atoms with E-state index in [1.807, 2.05) is 0 Å². The van der Waals surface area contributed by atoms with Crippen LogP contribution in [-0.4, -0.2) is 9.97 Å². The third-order valence-electron chi connectivity index (χ3n) is 2.22. The summed E-state index contributed by atoms with van der Waals surface area (Å²) < 4.78 is 18.4. The van der Waals surface area contributed by atoms with Crippen LogP contribution in [0.25, 0.3) is 0 Å². The van der Waals surface area contributed by atoms with Gasteiger partial charge in [-0.1, -0.05) is 0 Å². The highest BCUT2D eigenvalue weighted by Crippen LogP contribution is 2.23. The first-order chi connectivity index (χ1) is 8.19. The third kappa shape index (κ3) is 2.76. The zero-order chi connectivity index (χ0) is 12.3. The molecule has 0 radical (unpaired) electrons. The first-order valence-corrected chi connectivity index (χ1v) is 5.14. The Labute approximate surface area is 98.3 Å². The van der Waals surface area contributed by atoms with Crippen LogP contribution < -0.4 is 10.5 Å². The second-order valence-corrected chi connectivity index (χ2v) is 3.56. The van der Waals surface area contributed by atoms with E-state index in [1.54, 1.807) is 19.2 Å². The Morgan fingerprint density at radius 3 is 2.88 bits per heavy atom. The van der Waals surface area contributed by atoms with Crippen molar-refractivity contribution in [1.82, 2.24) is 9.97 Å². The van der Waals surface area contributed by atoms with Crippen LogP contribution in [0.4, 0.5) is 4.39 Å². The Morgan fingerprint density at radius 1 is 1.35 bits per heavy atom. The SMILES string of the molecule is Cc1cc(F)ccc1Oc1cncc(CN)n1. The number of rotatable bonds is 3. The molecule has 2 N–H and O–H groups in total. The molecule has 1 heterocycles. The summed E-state index contributed by atoms with van der Waals surface area (Å²) in [6.07, 6.45) is 3.06. The molecule has 17 heavy (non-hydrogen) atoms. The monoisotopic (exact) mass is 233 g/mol. The van der Waals surface area contributed by atoms with Gasteiger partial charge < -0.3 is 10.5 Å². The van der Waals surface area contributed by atoms with Gasteiger partial charge in [0.05, 0.1) is 11.9 Å². The highest BCUT2D eigenvalue weighted by Gasteiger charge is 2.04. The number of aryl methyl sites for hydroxylation is 1. The van der Waals surface area contributed by atoms with E-state index in [0.29, 0.717) is 29.4 Å². The van der Waals surface area contributed by atoms with Gasteiger partial charge in [0.15, 0.2) is 0 Å². The fourth-order valence-corrected chi connectivity index (χ4v) is 1.37. The van der Waals surface area contributed by atoms with E-state index in [2.05, 4.69) is 9.97 Å². The van der Waals surface area contributed by atoms with E-state index in [1.165, 1.54) is 18.3 Å². The Bertz CT molecular complexity index is 531. The van der Waals surface area contributed by atoms with Gasteiger partial charge in [0, 0.05) is 12.7 Å². The molecule has 0 aliphatic heterocycles. The van der Waals surface area contributed by atoms with Gasteiger partial charge >= 0.3 is 0 Å². The molecule has 0 unspecified atom stereocenters. The maximum absolute atomic E-state index is 12.9. The summed E-state index contributed by atoms with van der Waals surface area (Å²) in [4.78, 5) is 8.10. The lowest BCUT2D eigenvalue weighted by Crippen LogP contribution is -2.01. The van der Waals surface area contributed by atoms with E-state index in [0.717, 1.165) is 0 Å². The molecule has 0 fully saturated rings. The van der Waals surface area contributed by atoms with Crippen molar-refractivity contribution < 1.29 is 9.13 Å². The Balaban J connectivity index is 2.25. The van der Waals surface area contributed by atoms with Crippen molar-refractivity contribution >= 4 is 0 Å². The second kappa shape index (κ2) is 4.88. The summed E-state index contributed by atoms with van der Waals surface area (Å²) in [6, 6.07) is 4.29. The molecule has 2 aromatic rings. The quantitative estimate of drug-likeness (QED) is 0.882. The summed E-state index contributed by atoms with van der Waals surface area (Å²) in [7, 11) is 0. The fourth-order valence-electron chi connectivity index (χ4n) is 1.37.